The van der Waals surface area contributed by atoms with Gasteiger partial charge in [0, 0.05) is 25.8 Å². The molecule has 1 N–H and O–H groups in total. The summed E-state index contributed by atoms with van der Waals surface area (Å²) in [6, 6.07) is 22.8. The lowest BCUT2D eigenvalue weighted by molar-refractivity contribution is 0.0693. The Morgan fingerprint density at radius 2 is 1.56 bits per heavy atom. The van der Waals surface area contributed by atoms with Gasteiger partial charge in [-0.05, 0) is 54.8 Å². The second-order valence-electron chi connectivity index (χ2n) is 7.70. The maximum Gasteiger partial charge on any atom is 0.262 e. The molecular weight excluding hydrogens is 452 g/mol. The largest absolute Gasteiger partial charge is 0.495 e. The molecule has 3 rings (SSSR count). The molecule has 0 aliphatic rings. The molecule has 0 atom stereocenters. The van der Waals surface area contributed by atoms with Crippen molar-refractivity contribution in [1.29, 1.82) is 0 Å². The zero-order chi connectivity index (χ0) is 24.4. The number of hydrogen-bond donors (Lipinski definition) is 1. The number of rotatable bonds is 12. The minimum Gasteiger partial charge on any atom is -0.495 e. The van der Waals surface area contributed by atoms with Crippen LogP contribution >= 0.6 is 0 Å². The molecular formula is C26H30N2O5S. The number of carbonyl (C=O) groups excluding carboxylic acids is 1. The molecule has 3 aromatic carbocycles. The summed E-state index contributed by atoms with van der Waals surface area (Å²) in [6.07, 6.45) is 1.68. The predicted molar refractivity (Wildman–Crippen MR) is 133 cm³/mol. The highest BCUT2D eigenvalue weighted by atomic mass is 32.2. The highest BCUT2D eigenvalue weighted by Crippen LogP contribution is 2.26. The molecule has 0 saturated carbocycles. The van der Waals surface area contributed by atoms with E-state index in [9.17, 15) is 13.2 Å². The molecule has 0 heterocycles. The minimum absolute atomic E-state index is 0.0578. The van der Waals surface area contributed by atoms with Gasteiger partial charge in [0.1, 0.15) is 5.75 Å². The normalized spacial score (nSPS) is 11.1. The second-order valence-corrected chi connectivity index (χ2v) is 9.39. The number of ether oxygens (including phenoxy) is 2. The number of benzene rings is 3. The number of nitrogens with zero attached hydrogens (tertiary/aromatic N) is 1. The summed E-state index contributed by atoms with van der Waals surface area (Å²) in [4.78, 5) is 14.9. The van der Waals surface area contributed by atoms with Crippen molar-refractivity contribution in [1.82, 2.24) is 4.90 Å². The molecule has 180 valence electrons. The Balaban J connectivity index is 1.69. The molecule has 0 fully saturated rings. The third kappa shape index (κ3) is 6.82. The van der Waals surface area contributed by atoms with Crippen molar-refractivity contribution < 1.29 is 22.7 Å². The van der Waals surface area contributed by atoms with Crippen molar-refractivity contribution in [3.05, 3.63) is 90.0 Å². The fourth-order valence-electron chi connectivity index (χ4n) is 3.53. The monoisotopic (exact) mass is 482 g/mol. The van der Waals surface area contributed by atoms with Crippen LogP contribution in [0.25, 0.3) is 0 Å². The molecule has 0 aliphatic heterocycles. The zero-order valence-corrected chi connectivity index (χ0v) is 20.3. The van der Waals surface area contributed by atoms with E-state index in [0.717, 1.165) is 12.8 Å². The molecule has 0 saturated heterocycles. The highest BCUT2D eigenvalue weighted by molar-refractivity contribution is 7.92. The number of amides is 1. The van der Waals surface area contributed by atoms with E-state index in [-0.39, 0.29) is 10.8 Å². The fourth-order valence-corrected chi connectivity index (χ4v) is 4.60. The zero-order valence-electron chi connectivity index (χ0n) is 19.4. The first-order valence-electron chi connectivity index (χ1n) is 11.0. The van der Waals surface area contributed by atoms with Crippen LogP contribution in [0.3, 0.4) is 0 Å². The van der Waals surface area contributed by atoms with E-state index in [1.165, 1.54) is 36.9 Å². The number of anilines is 1. The van der Waals surface area contributed by atoms with Crippen LogP contribution in [0.5, 0.6) is 5.75 Å². The van der Waals surface area contributed by atoms with Gasteiger partial charge in [0.05, 0.1) is 24.3 Å². The van der Waals surface area contributed by atoms with E-state index >= 15 is 0 Å². The van der Waals surface area contributed by atoms with E-state index in [2.05, 4.69) is 16.9 Å². The lowest BCUT2D eigenvalue weighted by Crippen LogP contribution is -2.35. The third-order valence-electron chi connectivity index (χ3n) is 5.35. The summed E-state index contributed by atoms with van der Waals surface area (Å²) in [5.41, 5.74) is 1.99. The van der Waals surface area contributed by atoms with Crippen molar-refractivity contribution >= 4 is 21.6 Å². The first-order valence-corrected chi connectivity index (χ1v) is 12.5. The summed E-state index contributed by atoms with van der Waals surface area (Å²) < 4.78 is 38.6. The first kappa shape index (κ1) is 25.3. The summed E-state index contributed by atoms with van der Waals surface area (Å²) >= 11 is 0. The maximum atomic E-state index is 13.1. The molecule has 0 spiro atoms. The molecule has 8 heteroatoms. The van der Waals surface area contributed by atoms with Crippen molar-refractivity contribution in [2.24, 2.45) is 0 Å². The molecule has 34 heavy (non-hydrogen) atoms. The number of sulfonamides is 1. The van der Waals surface area contributed by atoms with Crippen LogP contribution in [-0.2, 0) is 21.2 Å². The molecule has 0 bridgehead atoms. The van der Waals surface area contributed by atoms with Crippen molar-refractivity contribution in [3.63, 3.8) is 0 Å². The van der Waals surface area contributed by atoms with Gasteiger partial charge >= 0.3 is 0 Å². The fraction of sp³-hybridized carbons (Fsp3) is 0.269. The van der Waals surface area contributed by atoms with Gasteiger partial charge in [-0.1, -0.05) is 42.5 Å². The summed E-state index contributed by atoms with van der Waals surface area (Å²) in [5.74, 6) is 0.258. The Morgan fingerprint density at radius 3 is 2.24 bits per heavy atom. The van der Waals surface area contributed by atoms with E-state index in [1.54, 1.807) is 36.3 Å². The average Bonchev–Trinajstić information content (AvgIpc) is 2.86. The Bertz CT molecular complexity index is 1170. The van der Waals surface area contributed by atoms with Crippen LogP contribution in [0.15, 0.2) is 83.8 Å². The number of carbonyl (C=O) groups is 1. The van der Waals surface area contributed by atoms with Gasteiger partial charge in [0.15, 0.2) is 0 Å². The molecule has 0 aromatic heterocycles. The van der Waals surface area contributed by atoms with Gasteiger partial charge in [0.25, 0.3) is 15.9 Å². The van der Waals surface area contributed by atoms with Crippen LogP contribution in [-0.4, -0.2) is 53.1 Å². The van der Waals surface area contributed by atoms with Gasteiger partial charge in [-0.25, -0.2) is 8.42 Å². The summed E-state index contributed by atoms with van der Waals surface area (Å²) in [7, 11) is -0.769. The number of para-hydroxylation sites is 2. The molecule has 7 nitrogen and oxygen atoms in total. The Kier molecular flexibility index (Phi) is 9.07. The molecule has 3 aromatic rings. The predicted octanol–water partition coefficient (Wildman–Crippen LogP) is 4.22. The molecule has 1 amide bonds. The quantitative estimate of drug-likeness (QED) is 0.418. The Hall–Kier alpha value is -3.36. The first-order chi connectivity index (χ1) is 16.4. The van der Waals surface area contributed by atoms with Crippen LogP contribution in [0.1, 0.15) is 22.3 Å². The molecule has 0 aliphatic carbocycles. The van der Waals surface area contributed by atoms with Gasteiger partial charge in [-0.15, -0.1) is 0 Å². The smallest absolute Gasteiger partial charge is 0.262 e. The maximum absolute atomic E-state index is 13.1. The lowest BCUT2D eigenvalue weighted by atomic mass is 10.1. The average molecular weight is 483 g/mol. The summed E-state index contributed by atoms with van der Waals surface area (Å²) in [5, 5.41) is 0. The second kappa shape index (κ2) is 12.2. The van der Waals surface area contributed by atoms with Crippen molar-refractivity contribution in [2.45, 2.75) is 17.7 Å². The van der Waals surface area contributed by atoms with E-state index in [4.69, 9.17) is 9.47 Å². The van der Waals surface area contributed by atoms with Crippen molar-refractivity contribution in [3.8, 4) is 5.75 Å². The topological polar surface area (TPSA) is 84.9 Å². The SMILES string of the molecule is COCCN(CCCc1ccccc1)C(=O)c1ccc(S(=O)(=O)Nc2ccccc2OC)cc1. The van der Waals surface area contributed by atoms with E-state index in [0.29, 0.717) is 36.7 Å². The number of methoxy groups -OCH3 is 2. The van der Waals surface area contributed by atoms with Crippen LogP contribution < -0.4 is 9.46 Å². The third-order valence-corrected chi connectivity index (χ3v) is 6.73. The Morgan fingerprint density at radius 1 is 0.882 bits per heavy atom. The minimum atomic E-state index is -3.84. The van der Waals surface area contributed by atoms with Gasteiger partial charge < -0.3 is 14.4 Å². The van der Waals surface area contributed by atoms with Crippen LogP contribution in [0.2, 0.25) is 0 Å². The summed E-state index contributed by atoms with van der Waals surface area (Å²) in [6.45, 7) is 1.46. The standard InChI is InChI=1S/C26H30N2O5S/c1-32-20-19-28(18-8-11-21-9-4-3-5-10-21)26(29)22-14-16-23(17-15-22)34(30,31)27-24-12-6-7-13-25(24)33-2/h3-7,9-10,12-17,27H,8,11,18-20H2,1-2H3. The number of hydrogen-bond acceptors (Lipinski definition) is 5. The van der Waals surface area contributed by atoms with E-state index < -0.39 is 10.0 Å². The van der Waals surface area contributed by atoms with Gasteiger partial charge in [-0.3, -0.25) is 9.52 Å². The molecule has 0 radical (unpaired) electrons. The van der Waals surface area contributed by atoms with E-state index in [1.807, 2.05) is 18.2 Å². The van der Waals surface area contributed by atoms with Crippen LogP contribution in [0, 0.1) is 0 Å². The van der Waals surface area contributed by atoms with Gasteiger partial charge in [0.2, 0.25) is 0 Å². The van der Waals surface area contributed by atoms with Crippen LogP contribution in [0.4, 0.5) is 5.69 Å². The molecule has 0 unspecified atom stereocenters. The Labute approximate surface area is 201 Å². The van der Waals surface area contributed by atoms with Gasteiger partial charge in [-0.2, -0.15) is 0 Å². The highest BCUT2D eigenvalue weighted by Gasteiger charge is 2.19. The number of nitrogens with one attached hydrogen (secondary N) is 1. The number of aryl methyl sites for hydroxylation is 1. The van der Waals surface area contributed by atoms with Crippen molar-refractivity contribution in [2.75, 3.05) is 38.6 Å². The lowest BCUT2D eigenvalue weighted by Gasteiger charge is -2.22.